The van der Waals surface area contributed by atoms with Crippen LogP contribution < -0.4 is 26.0 Å². The molecule has 2 aromatic heterocycles. The van der Waals surface area contributed by atoms with E-state index in [-0.39, 0.29) is 12.3 Å². The molecule has 0 radical (unpaired) electrons. The van der Waals surface area contributed by atoms with E-state index in [1.165, 1.54) is 6.07 Å². The van der Waals surface area contributed by atoms with Crippen molar-refractivity contribution in [2.24, 2.45) is 0 Å². The maximum absolute atomic E-state index is 13.3. The molecule has 2 unspecified atom stereocenters. The predicted octanol–water partition coefficient (Wildman–Crippen LogP) is 6.72. The SMILES string of the molecule is COC(=O)C(Nc1cccc(C(=O)Nc2cccc(-n3c(=S)[nH][nH]c3=S)c2)c1)C(Nc1cccc(OCNc2cccc(-n3c(=S)[nH][nH]c3=S)c2)c1)C(=O)O. The highest BCUT2D eigenvalue weighted by atomic mass is 32.1. The van der Waals surface area contributed by atoms with Crippen LogP contribution in [0.15, 0.2) is 97.1 Å². The lowest BCUT2D eigenvalue weighted by Crippen LogP contribution is -2.50. The van der Waals surface area contributed by atoms with Crippen LogP contribution in [0.5, 0.6) is 5.75 Å². The number of nitrogens with zero attached hydrogens (tertiary/aromatic N) is 2. The average Bonchev–Trinajstić information content (AvgIpc) is 3.70. The van der Waals surface area contributed by atoms with Crippen LogP contribution in [0.2, 0.25) is 0 Å². The standard InChI is InChI=1S/C35H32N10O6S4/c1-50-31(49)28(38-21-8-2-6-19(14-21)29(46)39-22-9-4-12-25(16-22)45-34(54)42-43-35(45)55)27(30(47)48)37-23-10-5-13-26(17-23)51-18-36-20-7-3-11-24(15-20)44-32(52)40-41-33(44)53/h2-17,27-28,36-38H,18H2,1H3,(H,39,46)(H,40,52)(H,41,53)(H,42,54)(H,43,55)(H,47,48). The van der Waals surface area contributed by atoms with Crippen molar-refractivity contribution in [2.45, 2.75) is 12.1 Å². The number of ether oxygens (including phenoxy) is 2. The first-order chi connectivity index (χ1) is 26.5. The van der Waals surface area contributed by atoms with Crippen LogP contribution in [-0.2, 0) is 14.3 Å². The Bertz CT molecular complexity index is 2550. The largest absolute Gasteiger partial charge is 0.480 e. The number of aromatic nitrogens is 6. The van der Waals surface area contributed by atoms with Crippen molar-refractivity contribution in [3.63, 3.8) is 0 Å². The molecule has 282 valence electrons. The third kappa shape index (κ3) is 9.24. The normalized spacial score (nSPS) is 11.9. The van der Waals surface area contributed by atoms with Crippen molar-refractivity contribution in [2.75, 3.05) is 35.1 Å². The van der Waals surface area contributed by atoms with Gasteiger partial charge in [-0.2, -0.15) is 0 Å². The van der Waals surface area contributed by atoms with Crippen molar-refractivity contribution in [1.82, 2.24) is 29.5 Å². The van der Waals surface area contributed by atoms with Gasteiger partial charge in [0.1, 0.15) is 5.75 Å². The van der Waals surface area contributed by atoms with E-state index in [9.17, 15) is 19.5 Å². The summed E-state index contributed by atoms with van der Waals surface area (Å²) >= 11 is 21.2. The molecule has 0 fully saturated rings. The summed E-state index contributed by atoms with van der Waals surface area (Å²) in [5.74, 6) is -2.23. The van der Waals surface area contributed by atoms with E-state index in [2.05, 4.69) is 41.7 Å². The third-order valence-electron chi connectivity index (χ3n) is 8.00. The van der Waals surface area contributed by atoms with E-state index in [1.54, 1.807) is 75.9 Å². The summed E-state index contributed by atoms with van der Waals surface area (Å²) in [6.45, 7) is 0.0674. The number of methoxy groups -OCH3 is 1. The zero-order valence-corrected chi connectivity index (χ0v) is 31.9. The average molecular weight is 817 g/mol. The summed E-state index contributed by atoms with van der Waals surface area (Å²) in [4.78, 5) is 38.9. The molecule has 2 atom stereocenters. The number of hydrogen-bond acceptors (Lipinski definition) is 12. The highest BCUT2D eigenvalue weighted by Crippen LogP contribution is 2.23. The first-order valence-electron chi connectivity index (χ1n) is 16.2. The number of carbonyl (C=O) groups excluding carboxylic acids is 2. The molecule has 9 N–H and O–H groups in total. The molecule has 4 aromatic carbocycles. The topological polar surface area (TPSA) is 211 Å². The van der Waals surface area contributed by atoms with Gasteiger partial charge in [0.25, 0.3) is 5.91 Å². The van der Waals surface area contributed by atoms with E-state index in [1.807, 2.05) is 24.3 Å². The highest BCUT2D eigenvalue weighted by Gasteiger charge is 2.35. The van der Waals surface area contributed by atoms with Crippen LogP contribution >= 0.6 is 48.9 Å². The fourth-order valence-corrected chi connectivity index (χ4v) is 6.56. The number of esters is 1. The lowest BCUT2D eigenvalue weighted by molar-refractivity contribution is -0.147. The minimum Gasteiger partial charge on any atom is -0.480 e. The maximum atomic E-state index is 13.3. The molecule has 2 heterocycles. The summed E-state index contributed by atoms with van der Waals surface area (Å²) < 4.78 is 15.7. The summed E-state index contributed by atoms with van der Waals surface area (Å²) in [7, 11) is 1.15. The van der Waals surface area contributed by atoms with Crippen LogP contribution in [0, 0.1) is 19.1 Å². The Hall–Kier alpha value is -6.35. The molecule has 0 aliphatic rings. The van der Waals surface area contributed by atoms with E-state index in [0.29, 0.717) is 47.6 Å². The first-order valence-corrected chi connectivity index (χ1v) is 17.9. The zero-order chi connectivity index (χ0) is 39.1. The Morgan fingerprint density at radius 2 is 1.18 bits per heavy atom. The fraction of sp³-hybridized carbons (Fsp3) is 0.114. The van der Waals surface area contributed by atoms with Crippen molar-refractivity contribution in [3.8, 4) is 17.1 Å². The molecule has 0 aliphatic heterocycles. The van der Waals surface area contributed by atoms with Gasteiger partial charge in [-0.05, 0) is 116 Å². The van der Waals surface area contributed by atoms with Crippen molar-refractivity contribution < 1.29 is 29.0 Å². The Balaban J connectivity index is 1.12. The van der Waals surface area contributed by atoms with Crippen LogP contribution in [0.1, 0.15) is 10.4 Å². The van der Waals surface area contributed by atoms with Gasteiger partial charge >= 0.3 is 11.9 Å². The number of aromatic amines is 4. The number of amides is 1. The van der Waals surface area contributed by atoms with Gasteiger partial charge in [0.15, 0.2) is 37.9 Å². The molecule has 16 nitrogen and oxygen atoms in total. The first kappa shape index (κ1) is 38.4. The molecule has 6 rings (SSSR count). The number of nitrogens with one attached hydrogen (secondary N) is 8. The molecule has 0 saturated carbocycles. The number of rotatable bonds is 15. The van der Waals surface area contributed by atoms with Gasteiger partial charge in [-0.15, -0.1) is 0 Å². The van der Waals surface area contributed by atoms with Gasteiger partial charge in [0, 0.05) is 34.4 Å². The Labute approximate surface area is 332 Å². The zero-order valence-electron chi connectivity index (χ0n) is 28.6. The molecule has 0 spiro atoms. The molecule has 20 heteroatoms. The molecule has 0 saturated heterocycles. The highest BCUT2D eigenvalue weighted by molar-refractivity contribution is 7.72. The number of carbonyl (C=O) groups is 3. The minimum absolute atomic E-state index is 0.0674. The number of carboxylic acid groups (broad SMARTS) is 1. The van der Waals surface area contributed by atoms with Gasteiger partial charge < -0.3 is 35.8 Å². The van der Waals surface area contributed by atoms with Crippen LogP contribution in [0.4, 0.5) is 22.7 Å². The van der Waals surface area contributed by atoms with Gasteiger partial charge in [-0.3, -0.25) is 34.3 Å². The van der Waals surface area contributed by atoms with Gasteiger partial charge in [0.05, 0.1) is 18.5 Å². The van der Waals surface area contributed by atoms with E-state index < -0.39 is 29.9 Å². The predicted molar refractivity (Wildman–Crippen MR) is 217 cm³/mol. The molecule has 1 amide bonds. The number of anilines is 4. The van der Waals surface area contributed by atoms with E-state index >= 15 is 0 Å². The second-order valence-corrected chi connectivity index (χ2v) is 13.2. The maximum Gasteiger partial charge on any atom is 0.331 e. The fourth-order valence-electron chi connectivity index (χ4n) is 5.45. The lowest BCUT2D eigenvalue weighted by Gasteiger charge is -2.26. The van der Waals surface area contributed by atoms with Crippen LogP contribution in [0.25, 0.3) is 11.4 Å². The van der Waals surface area contributed by atoms with Crippen LogP contribution in [-0.4, -0.2) is 78.4 Å². The van der Waals surface area contributed by atoms with Gasteiger partial charge in [-0.1, -0.05) is 24.3 Å². The number of aliphatic carboxylic acids is 1. The summed E-state index contributed by atoms with van der Waals surface area (Å²) in [6.07, 6.45) is 0. The Morgan fingerprint density at radius 3 is 1.78 bits per heavy atom. The third-order valence-corrected chi connectivity index (χ3v) is 9.14. The smallest absolute Gasteiger partial charge is 0.331 e. The quantitative estimate of drug-likeness (QED) is 0.0300. The van der Waals surface area contributed by atoms with Crippen LogP contribution in [0.3, 0.4) is 0 Å². The second-order valence-electron chi connectivity index (χ2n) is 11.6. The van der Waals surface area contributed by atoms with Crippen molar-refractivity contribution in [1.29, 1.82) is 0 Å². The lowest BCUT2D eigenvalue weighted by atomic mass is 10.1. The van der Waals surface area contributed by atoms with Crippen molar-refractivity contribution >= 4 is 89.5 Å². The minimum atomic E-state index is -1.51. The monoisotopic (exact) mass is 816 g/mol. The Morgan fingerprint density at radius 1 is 0.673 bits per heavy atom. The summed E-state index contributed by atoms with van der Waals surface area (Å²) in [5.41, 5.74) is 3.48. The van der Waals surface area contributed by atoms with E-state index in [0.717, 1.165) is 18.5 Å². The number of carboxylic acids is 1. The van der Waals surface area contributed by atoms with E-state index in [4.69, 9.17) is 58.3 Å². The number of H-pyrrole nitrogens is 4. The molecular formula is C35H32N10O6S4. The Kier molecular flexibility index (Phi) is 12.0. The van der Waals surface area contributed by atoms with Gasteiger partial charge in [-0.25, -0.2) is 9.59 Å². The number of benzene rings is 4. The second kappa shape index (κ2) is 17.2. The molecule has 6 aromatic rings. The molecule has 0 aliphatic carbocycles. The summed E-state index contributed by atoms with van der Waals surface area (Å²) in [5, 5.41) is 33.3. The van der Waals surface area contributed by atoms with Crippen molar-refractivity contribution in [3.05, 3.63) is 122 Å². The summed E-state index contributed by atoms with van der Waals surface area (Å²) in [6, 6.07) is 24.3. The molecule has 55 heavy (non-hydrogen) atoms. The molecule has 0 bridgehead atoms. The van der Waals surface area contributed by atoms with Gasteiger partial charge in [0.2, 0.25) is 0 Å². The number of hydrogen-bond donors (Lipinski definition) is 9. The molecular weight excluding hydrogens is 785 g/mol.